The molecule has 0 saturated heterocycles. The molecule has 1 saturated carbocycles. The highest BCUT2D eigenvalue weighted by atomic mass is 14.8. The standard InChI is InChI=1S/C9H13N/c1-3-8(4-1)9-5-2-6-10-7-9/h2,5-6,8,10H,1,3-4,7H2. The molecule has 1 N–H and O–H groups in total. The summed E-state index contributed by atoms with van der Waals surface area (Å²) in [5.74, 6) is 0.914. The van der Waals surface area contributed by atoms with Crippen LogP contribution < -0.4 is 5.32 Å². The van der Waals surface area contributed by atoms with E-state index in [0.29, 0.717) is 0 Å². The van der Waals surface area contributed by atoms with Crippen LogP contribution in [-0.2, 0) is 0 Å². The fourth-order valence-corrected chi connectivity index (χ4v) is 1.53. The minimum atomic E-state index is 0.914. The van der Waals surface area contributed by atoms with E-state index in [1.807, 2.05) is 6.20 Å². The third kappa shape index (κ3) is 0.962. The van der Waals surface area contributed by atoms with Gasteiger partial charge < -0.3 is 5.32 Å². The van der Waals surface area contributed by atoms with Crippen molar-refractivity contribution in [2.45, 2.75) is 19.3 Å². The van der Waals surface area contributed by atoms with Crippen LogP contribution in [0.5, 0.6) is 0 Å². The van der Waals surface area contributed by atoms with Gasteiger partial charge in [0, 0.05) is 6.54 Å². The van der Waals surface area contributed by atoms with Crippen molar-refractivity contribution in [3.05, 3.63) is 23.9 Å². The second-order valence-electron chi connectivity index (χ2n) is 3.11. The smallest absolute Gasteiger partial charge is 0.0360 e. The third-order valence-electron chi connectivity index (χ3n) is 2.46. The summed E-state index contributed by atoms with van der Waals surface area (Å²) >= 11 is 0. The first-order chi connectivity index (χ1) is 4.97. The molecule has 0 aromatic carbocycles. The van der Waals surface area contributed by atoms with E-state index in [1.165, 1.54) is 19.3 Å². The molecular formula is C9H13N. The predicted molar refractivity (Wildman–Crippen MR) is 42.6 cm³/mol. The van der Waals surface area contributed by atoms with Crippen LogP contribution in [0.1, 0.15) is 19.3 Å². The number of rotatable bonds is 1. The molecule has 2 aliphatic rings. The maximum atomic E-state index is 3.24. The lowest BCUT2D eigenvalue weighted by molar-refractivity contribution is 0.361. The quantitative estimate of drug-likeness (QED) is 0.578. The summed E-state index contributed by atoms with van der Waals surface area (Å²) in [6.07, 6.45) is 10.7. The molecule has 10 heavy (non-hydrogen) atoms. The molecule has 0 spiro atoms. The summed E-state index contributed by atoms with van der Waals surface area (Å²) in [5, 5.41) is 3.24. The fraction of sp³-hybridized carbons (Fsp3) is 0.556. The Kier molecular flexibility index (Phi) is 1.50. The van der Waals surface area contributed by atoms with Gasteiger partial charge in [-0.1, -0.05) is 12.5 Å². The topological polar surface area (TPSA) is 12.0 Å². The molecule has 0 atom stereocenters. The van der Waals surface area contributed by atoms with Crippen molar-refractivity contribution >= 4 is 0 Å². The minimum absolute atomic E-state index is 0.914. The lowest BCUT2D eigenvalue weighted by Crippen LogP contribution is -2.23. The first kappa shape index (κ1) is 6.02. The van der Waals surface area contributed by atoms with Gasteiger partial charge in [-0.25, -0.2) is 0 Å². The van der Waals surface area contributed by atoms with E-state index < -0.39 is 0 Å². The molecule has 0 aromatic rings. The Morgan fingerprint density at radius 3 is 2.80 bits per heavy atom. The Morgan fingerprint density at radius 1 is 1.40 bits per heavy atom. The average Bonchev–Trinajstić information content (AvgIpc) is 1.86. The summed E-state index contributed by atoms with van der Waals surface area (Å²) in [4.78, 5) is 0. The molecular weight excluding hydrogens is 122 g/mol. The van der Waals surface area contributed by atoms with E-state index in [4.69, 9.17) is 0 Å². The summed E-state index contributed by atoms with van der Waals surface area (Å²) in [6.45, 7) is 1.08. The molecule has 54 valence electrons. The highest BCUT2D eigenvalue weighted by molar-refractivity contribution is 5.21. The second-order valence-corrected chi connectivity index (χ2v) is 3.11. The van der Waals surface area contributed by atoms with Gasteiger partial charge in [0.2, 0.25) is 0 Å². The first-order valence-corrected chi connectivity index (χ1v) is 4.06. The molecule has 0 bridgehead atoms. The van der Waals surface area contributed by atoms with Gasteiger partial charge in [-0.15, -0.1) is 0 Å². The number of nitrogens with one attached hydrogen (secondary N) is 1. The largest absolute Gasteiger partial charge is 0.387 e. The van der Waals surface area contributed by atoms with Crippen LogP contribution in [0, 0.1) is 5.92 Å². The Labute approximate surface area is 61.8 Å². The normalized spacial score (nSPS) is 25.0. The van der Waals surface area contributed by atoms with E-state index in [0.717, 1.165) is 12.5 Å². The van der Waals surface area contributed by atoms with Crippen molar-refractivity contribution in [1.29, 1.82) is 0 Å². The van der Waals surface area contributed by atoms with Crippen LogP contribution >= 0.6 is 0 Å². The zero-order valence-electron chi connectivity index (χ0n) is 6.14. The van der Waals surface area contributed by atoms with Crippen LogP contribution in [0.25, 0.3) is 0 Å². The van der Waals surface area contributed by atoms with Gasteiger partial charge in [0.25, 0.3) is 0 Å². The van der Waals surface area contributed by atoms with E-state index in [2.05, 4.69) is 17.5 Å². The summed E-state index contributed by atoms with van der Waals surface area (Å²) in [5.41, 5.74) is 1.61. The van der Waals surface area contributed by atoms with Gasteiger partial charge in [-0.2, -0.15) is 0 Å². The van der Waals surface area contributed by atoms with Crippen molar-refractivity contribution in [2.75, 3.05) is 6.54 Å². The van der Waals surface area contributed by atoms with E-state index in [1.54, 1.807) is 5.57 Å². The third-order valence-corrected chi connectivity index (χ3v) is 2.46. The van der Waals surface area contributed by atoms with E-state index in [-0.39, 0.29) is 0 Å². The van der Waals surface area contributed by atoms with Gasteiger partial charge in [0.05, 0.1) is 0 Å². The fourth-order valence-electron chi connectivity index (χ4n) is 1.53. The summed E-state index contributed by atoms with van der Waals surface area (Å²) in [6, 6.07) is 0. The van der Waals surface area contributed by atoms with Crippen molar-refractivity contribution < 1.29 is 0 Å². The summed E-state index contributed by atoms with van der Waals surface area (Å²) < 4.78 is 0. The van der Waals surface area contributed by atoms with Crippen molar-refractivity contribution in [3.63, 3.8) is 0 Å². The Morgan fingerprint density at radius 2 is 2.30 bits per heavy atom. The van der Waals surface area contributed by atoms with Gasteiger partial charge in [-0.3, -0.25) is 0 Å². The predicted octanol–water partition coefficient (Wildman–Crippen LogP) is 1.83. The Balaban J connectivity index is 2.01. The zero-order valence-corrected chi connectivity index (χ0v) is 6.14. The lowest BCUT2D eigenvalue weighted by Gasteiger charge is -2.29. The molecule has 0 radical (unpaired) electrons. The molecule has 1 fully saturated rings. The second kappa shape index (κ2) is 2.49. The monoisotopic (exact) mass is 135 g/mol. The number of dihydropyridines is 1. The minimum Gasteiger partial charge on any atom is -0.387 e. The Bertz CT molecular complexity index is 175. The van der Waals surface area contributed by atoms with E-state index >= 15 is 0 Å². The van der Waals surface area contributed by atoms with Gasteiger partial charge in [0.1, 0.15) is 0 Å². The van der Waals surface area contributed by atoms with Crippen LogP contribution in [0.3, 0.4) is 0 Å². The SMILES string of the molecule is C1=CNCC(C2CCC2)=C1. The van der Waals surface area contributed by atoms with Gasteiger partial charge >= 0.3 is 0 Å². The van der Waals surface area contributed by atoms with Crippen LogP contribution in [0.15, 0.2) is 23.9 Å². The van der Waals surface area contributed by atoms with Gasteiger partial charge in [0.15, 0.2) is 0 Å². The molecule has 0 amide bonds. The van der Waals surface area contributed by atoms with Crippen molar-refractivity contribution in [2.24, 2.45) is 5.92 Å². The lowest BCUT2D eigenvalue weighted by atomic mass is 9.79. The average molecular weight is 135 g/mol. The molecule has 2 rings (SSSR count). The van der Waals surface area contributed by atoms with Crippen LogP contribution in [0.4, 0.5) is 0 Å². The highest BCUT2D eigenvalue weighted by Gasteiger charge is 2.21. The van der Waals surface area contributed by atoms with Crippen molar-refractivity contribution in [3.8, 4) is 0 Å². The van der Waals surface area contributed by atoms with Crippen LogP contribution in [0.2, 0.25) is 0 Å². The maximum Gasteiger partial charge on any atom is 0.0360 e. The summed E-state index contributed by atoms with van der Waals surface area (Å²) in [7, 11) is 0. The molecule has 1 aliphatic heterocycles. The molecule has 1 nitrogen and oxygen atoms in total. The van der Waals surface area contributed by atoms with E-state index in [9.17, 15) is 0 Å². The van der Waals surface area contributed by atoms with Crippen molar-refractivity contribution in [1.82, 2.24) is 5.32 Å². The maximum absolute atomic E-state index is 3.24. The number of hydrogen-bond donors (Lipinski definition) is 1. The number of hydrogen-bond acceptors (Lipinski definition) is 1. The molecule has 1 aliphatic carbocycles. The highest BCUT2D eigenvalue weighted by Crippen LogP contribution is 2.33. The number of allylic oxidation sites excluding steroid dienone is 2. The molecule has 1 heteroatoms. The van der Waals surface area contributed by atoms with Crippen LogP contribution in [-0.4, -0.2) is 6.54 Å². The Hall–Kier alpha value is -0.720. The first-order valence-electron chi connectivity index (χ1n) is 4.06. The molecule has 1 heterocycles. The molecule has 0 aromatic heterocycles. The van der Waals surface area contributed by atoms with Gasteiger partial charge in [-0.05, 0) is 36.6 Å². The zero-order chi connectivity index (χ0) is 6.81. The molecule has 0 unspecified atom stereocenters.